The number of hydrogen-bond donors (Lipinski definition) is 0. The van der Waals surface area contributed by atoms with Gasteiger partial charge in [-0.2, -0.15) is 0 Å². The zero-order chi connectivity index (χ0) is 12.2. The van der Waals surface area contributed by atoms with E-state index < -0.39 is 0 Å². The zero-order valence-electron chi connectivity index (χ0n) is 8.80. The van der Waals surface area contributed by atoms with Crippen LogP contribution in [0.4, 0.5) is 0 Å². The predicted octanol–water partition coefficient (Wildman–Crippen LogP) is 1.59. The van der Waals surface area contributed by atoms with Crippen LogP contribution in [0.1, 0.15) is 0 Å². The summed E-state index contributed by atoms with van der Waals surface area (Å²) in [7, 11) is 0. The molecule has 0 unspecified atom stereocenters. The van der Waals surface area contributed by atoms with E-state index in [9.17, 15) is 0 Å². The van der Waals surface area contributed by atoms with Gasteiger partial charge in [0.05, 0.1) is 11.4 Å². The van der Waals surface area contributed by atoms with Crippen molar-refractivity contribution < 1.29 is 30.7 Å². The first-order valence-corrected chi connectivity index (χ1v) is 4.26. The van der Waals surface area contributed by atoms with Gasteiger partial charge in [-0.1, -0.05) is 12.1 Å². The Hall–Kier alpha value is -1.67. The van der Waals surface area contributed by atoms with E-state index in [1.165, 1.54) is 0 Å². The van der Waals surface area contributed by atoms with E-state index in [1.807, 2.05) is 36.4 Å². The molecule has 90 valence electrons. The maximum atomic E-state index is 7.75. The van der Waals surface area contributed by atoms with Gasteiger partial charge in [-0.25, -0.2) is 0 Å². The Morgan fingerprint density at radius 2 is 1.06 bits per heavy atom. The Kier molecular flexibility index (Phi) is 12.9. The average Bonchev–Trinajstić information content (AvgIpc) is 2.45. The van der Waals surface area contributed by atoms with Crippen LogP contribution in [-0.4, -0.2) is 23.5 Å². The number of nitrogens with zero attached hydrogens (tertiary/aromatic N) is 2. The summed E-state index contributed by atoms with van der Waals surface area (Å²) in [5.41, 5.74) is 1.83. The van der Waals surface area contributed by atoms with E-state index in [4.69, 9.17) is 9.59 Å². The van der Waals surface area contributed by atoms with Crippen molar-refractivity contribution in [1.29, 1.82) is 0 Å². The summed E-state index contributed by atoms with van der Waals surface area (Å²) < 4.78 is 0. The van der Waals surface area contributed by atoms with Crippen LogP contribution in [-0.2, 0) is 30.7 Å². The Balaban J connectivity index is 0. The fraction of sp³-hybridized carbons (Fsp3) is 0. The molecule has 5 heteroatoms. The van der Waals surface area contributed by atoms with Gasteiger partial charge in [0, 0.05) is 12.4 Å². The Bertz CT molecular complexity index is 345. The van der Waals surface area contributed by atoms with Crippen molar-refractivity contribution in [3.8, 4) is 11.4 Å². The molecule has 0 spiro atoms. The predicted molar refractivity (Wildman–Crippen MR) is 61.0 cm³/mol. The molecule has 17 heavy (non-hydrogen) atoms. The van der Waals surface area contributed by atoms with Crippen LogP contribution in [0.2, 0.25) is 0 Å². The van der Waals surface area contributed by atoms with Gasteiger partial charge >= 0.3 is 21.1 Å². The molecule has 0 saturated carbocycles. The number of pyridine rings is 2. The van der Waals surface area contributed by atoms with Crippen molar-refractivity contribution in [2.24, 2.45) is 0 Å². The van der Waals surface area contributed by atoms with Crippen LogP contribution >= 0.6 is 0 Å². The molecule has 0 fully saturated rings. The maximum absolute atomic E-state index is 7.75. The van der Waals surface area contributed by atoms with E-state index in [-0.39, 0.29) is 21.1 Å². The van der Waals surface area contributed by atoms with Crippen LogP contribution in [0, 0.1) is 0 Å². The zero-order valence-corrected chi connectivity index (χ0v) is 11.1. The van der Waals surface area contributed by atoms with Crippen LogP contribution in [0.25, 0.3) is 11.4 Å². The Labute approximate surface area is 114 Å². The summed E-state index contributed by atoms with van der Waals surface area (Å²) in [6.07, 6.45) is 3.54. The summed E-state index contributed by atoms with van der Waals surface area (Å²) in [5.74, 6) is 0. The van der Waals surface area contributed by atoms with E-state index in [1.54, 1.807) is 12.4 Å². The van der Waals surface area contributed by atoms with E-state index in [2.05, 4.69) is 23.5 Å². The minimum absolute atomic E-state index is 0. The fourth-order valence-corrected chi connectivity index (χ4v) is 1.03. The second kappa shape index (κ2) is 12.4. The number of hydrogen-bond acceptors (Lipinski definition) is 4. The molecule has 2 heterocycles. The van der Waals surface area contributed by atoms with E-state index in [0.717, 1.165) is 11.4 Å². The van der Waals surface area contributed by atoms with Crippen LogP contribution in [0.5, 0.6) is 0 Å². The van der Waals surface area contributed by atoms with Crippen molar-refractivity contribution in [2.45, 2.75) is 0 Å². The van der Waals surface area contributed by atoms with Crippen LogP contribution < -0.4 is 0 Å². The standard InChI is InChI=1S/C10H8N2.2CHO.Pt/c1-3-7-11-9(5-1)10-6-2-4-8-12-10;2*1-2;/h1-8H;2*1H;/q;2*-1;+2. The molecule has 0 aromatic carbocycles. The molecule has 2 rings (SSSR count). The Morgan fingerprint density at radius 3 is 1.29 bits per heavy atom. The molecule has 2 aromatic heterocycles. The molecule has 0 aliphatic carbocycles. The van der Waals surface area contributed by atoms with E-state index in [0.29, 0.717) is 0 Å². The molecule has 0 radical (unpaired) electrons. The van der Waals surface area contributed by atoms with Crippen molar-refractivity contribution >= 4 is 13.6 Å². The fourth-order valence-electron chi connectivity index (χ4n) is 1.03. The summed E-state index contributed by atoms with van der Waals surface area (Å²) in [6.45, 7) is 6.50. The third kappa shape index (κ3) is 6.48. The van der Waals surface area contributed by atoms with Crippen LogP contribution in [0.3, 0.4) is 0 Å². The summed E-state index contributed by atoms with van der Waals surface area (Å²) >= 11 is 0. The molecule has 0 amide bonds. The maximum Gasteiger partial charge on any atom is 2.00 e. The minimum Gasteiger partial charge on any atom is -0.545 e. The minimum atomic E-state index is 0. The monoisotopic (exact) mass is 409 g/mol. The van der Waals surface area contributed by atoms with Gasteiger partial charge in [-0.05, 0) is 24.3 Å². The second-order valence-corrected chi connectivity index (χ2v) is 2.43. The first kappa shape index (κ1) is 17.7. The molecule has 0 N–H and O–H groups in total. The van der Waals surface area contributed by atoms with Gasteiger partial charge in [0.2, 0.25) is 0 Å². The Morgan fingerprint density at radius 1 is 0.706 bits per heavy atom. The largest absolute Gasteiger partial charge is 2.00 e. The summed E-state index contributed by atoms with van der Waals surface area (Å²) in [5, 5.41) is 0. The number of carbonyl (C=O) groups excluding carboxylic acids is 2. The van der Waals surface area contributed by atoms with Crippen molar-refractivity contribution in [3.63, 3.8) is 0 Å². The normalized spacial score (nSPS) is 7.29. The van der Waals surface area contributed by atoms with E-state index >= 15 is 0 Å². The molecular weight excluding hydrogens is 399 g/mol. The quantitative estimate of drug-likeness (QED) is 0.530. The van der Waals surface area contributed by atoms with Gasteiger partial charge < -0.3 is 9.59 Å². The topological polar surface area (TPSA) is 59.9 Å². The molecule has 0 aliphatic rings. The second-order valence-electron chi connectivity index (χ2n) is 2.43. The van der Waals surface area contributed by atoms with Crippen molar-refractivity contribution in [3.05, 3.63) is 48.8 Å². The molecule has 0 saturated heterocycles. The number of aromatic nitrogens is 2. The molecule has 2 aromatic rings. The SMILES string of the molecule is [CH-]=O.[CH-]=O.[Pt+2].c1ccc(-c2ccccn2)nc1. The van der Waals surface area contributed by atoms with Gasteiger partial charge in [0.15, 0.2) is 0 Å². The first-order valence-electron chi connectivity index (χ1n) is 4.26. The van der Waals surface area contributed by atoms with Gasteiger partial charge in [-0.15, -0.1) is 0 Å². The molecular formula is C12H10N2O2Pt. The van der Waals surface area contributed by atoms with Crippen molar-refractivity contribution in [1.82, 2.24) is 9.97 Å². The first-order chi connectivity index (χ1) is 7.97. The number of rotatable bonds is 1. The van der Waals surface area contributed by atoms with Crippen LogP contribution in [0.15, 0.2) is 48.8 Å². The third-order valence-electron chi connectivity index (χ3n) is 1.59. The van der Waals surface area contributed by atoms with Gasteiger partial charge in [0.25, 0.3) is 0 Å². The summed E-state index contributed by atoms with van der Waals surface area (Å²) in [6, 6.07) is 11.6. The smallest absolute Gasteiger partial charge is 0.545 e. The van der Waals surface area contributed by atoms with Crippen molar-refractivity contribution in [2.75, 3.05) is 0 Å². The average molecular weight is 409 g/mol. The third-order valence-corrected chi connectivity index (χ3v) is 1.59. The molecule has 4 nitrogen and oxygen atoms in total. The molecule has 0 bridgehead atoms. The summed E-state index contributed by atoms with van der Waals surface area (Å²) in [4.78, 5) is 23.9. The molecule has 0 atom stereocenters. The molecule has 0 aliphatic heterocycles. The van der Waals surface area contributed by atoms with Gasteiger partial charge in [0.1, 0.15) is 0 Å². The van der Waals surface area contributed by atoms with Gasteiger partial charge in [-0.3, -0.25) is 23.5 Å².